The smallest absolute Gasteiger partial charge is 0.306 e. The molecule has 0 amide bonds. The highest BCUT2D eigenvalue weighted by Gasteiger charge is 2.31. The fourth-order valence-electron chi connectivity index (χ4n) is 1.96. The van der Waals surface area contributed by atoms with E-state index in [1.807, 2.05) is 19.1 Å². The SMILES string of the molecule is CC(NCc1cc(F)cc(C(F)(F)F)c1)c1ccncc1. The summed E-state index contributed by atoms with van der Waals surface area (Å²) in [4.78, 5) is 3.89. The molecular formula is C15H14F4N2. The zero-order valence-corrected chi connectivity index (χ0v) is 11.3. The van der Waals surface area contributed by atoms with Crippen molar-refractivity contribution in [1.29, 1.82) is 0 Å². The monoisotopic (exact) mass is 298 g/mol. The number of rotatable bonds is 4. The number of hydrogen-bond acceptors (Lipinski definition) is 2. The average molecular weight is 298 g/mol. The molecule has 0 radical (unpaired) electrons. The van der Waals surface area contributed by atoms with Crippen molar-refractivity contribution in [2.45, 2.75) is 25.7 Å². The molecule has 1 N–H and O–H groups in total. The molecule has 0 aliphatic heterocycles. The van der Waals surface area contributed by atoms with Gasteiger partial charge in [-0.25, -0.2) is 4.39 Å². The van der Waals surface area contributed by atoms with Crippen LogP contribution < -0.4 is 5.32 Å². The second-order valence-electron chi connectivity index (χ2n) is 4.73. The second-order valence-corrected chi connectivity index (χ2v) is 4.73. The van der Waals surface area contributed by atoms with Crippen LogP contribution in [0.3, 0.4) is 0 Å². The summed E-state index contributed by atoms with van der Waals surface area (Å²) in [5.74, 6) is -0.891. The van der Waals surface area contributed by atoms with E-state index in [1.54, 1.807) is 12.4 Å². The Morgan fingerprint density at radius 2 is 1.81 bits per heavy atom. The van der Waals surface area contributed by atoms with Gasteiger partial charge in [0.1, 0.15) is 5.82 Å². The van der Waals surface area contributed by atoms with Crippen molar-refractivity contribution in [2.75, 3.05) is 0 Å². The number of hydrogen-bond donors (Lipinski definition) is 1. The van der Waals surface area contributed by atoms with Gasteiger partial charge >= 0.3 is 6.18 Å². The Bertz CT molecular complexity index is 596. The molecule has 112 valence electrons. The molecular weight excluding hydrogens is 284 g/mol. The van der Waals surface area contributed by atoms with Crippen LogP contribution in [0, 0.1) is 5.82 Å². The molecule has 0 spiro atoms. The number of nitrogens with zero attached hydrogens (tertiary/aromatic N) is 1. The summed E-state index contributed by atoms with van der Waals surface area (Å²) in [6, 6.07) is 6.09. The molecule has 1 aromatic heterocycles. The highest BCUT2D eigenvalue weighted by Crippen LogP contribution is 2.30. The summed E-state index contributed by atoms with van der Waals surface area (Å²) in [6.45, 7) is 2.02. The Morgan fingerprint density at radius 1 is 1.14 bits per heavy atom. The van der Waals surface area contributed by atoms with E-state index in [0.29, 0.717) is 6.07 Å². The van der Waals surface area contributed by atoms with Gasteiger partial charge < -0.3 is 5.32 Å². The van der Waals surface area contributed by atoms with Crippen LogP contribution >= 0.6 is 0 Å². The van der Waals surface area contributed by atoms with E-state index in [0.717, 1.165) is 17.7 Å². The van der Waals surface area contributed by atoms with E-state index in [1.165, 1.54) is 0 Å². The van der Waals surface area contributed by atoms with E-state index in [-0.39, 0.29) is 18.2 Å². The molecule has 6 heteroatoms. The number of benzene rings is 1. The third kappa shape index (κ3) is 4.26. The van der Waals surface area contributed by atoms with Crippen molar-refractivity contribution in [2.24, 2.45) is 0 Å². The van der Waals surface area contributed by atoms with E-state index < -0.39 is 17.6 Å². The molecule has 1 unspecified atom stereocenters. The lowest BCUT2D eigenvalue weighted by atomic mass is 10.1. The summed E-state index contributed by atoms with van der Waals surface area (Å²) in [5, 5.41) is 3.06. The summed E-state index contributed by atoms with van der Waals surface area (Å²) in [6.07, 6.45) is -1.28. The van der Waals surface area contributed by atoms with Gasteiger partial charge in [-0.1, -0.05) is 0 Å². The largest absolute Gasteiger partial charge is 0.416 e. The standard InChI is InChI=1S/C15H14F4N2/c1-10(12-2-4-20-5-3-12)21-9-11-6-13(15(17,18)19)8-14(16)7-11/h2-8,10,21H,9H2,1H3. The Morgan fingerprint density at radius 3 is 2.43 bits per heavy atom. The molecule has 0 bridgehead atoms. The number of alkyl halides is 3. The first-order chi connectivity index (χ1) is 9.86. The number of aromatic nitrogens is 1. The summed E-state index contributed by atoms with van der Waals surface area (Å²) in [5.41, 5.74) is 0.233. The maximum Gasteiger partial charge on any atom is 0.416 e. The molecule has 0 aliphatic carbocycles. The maximum atomic E-state index is 13.3. The first-order valence-corrected chi connectivity index (χ1v) is 6.36. The minimum atomic E-state index is -4.55. The van der Waals surface area contributed by atoms with Gasteiger partial charge in [-0.2, -0.15) is 13.2 Å². The van der Waals surface area contributed by atoms with Crippen LogP contribution in [-0.4, -0.2) is 4.98 Å². The van der Waals surface area contributed by atoms with Crippen molar-refractivity contribution in [1.82, 2.24) is 10.3 Å². The highest BCUT2D eigenvalue weighted by atomic mass is 19.4. The van der Waals surface area contributed by atoms with Crippen molar-refractivity contribution in [3.8, 4) is 0 Å². The van der Waals surface area contributed by atoms with Crippen molar-refractivity contribution >= 4 is 0 Å². The fraction of sp³-hybridized carbons (Fsp3) is 0.267. The molecule has 1 aromatic carbocycles. The molecule has 0 aliphatic rings. The lowest BCUT2D eigenvalue weighted by Gasteiger charge is -2.15. The number of nitrogens with one attached hydrogen (secondary N) is 1. The topological polar surface area (TPSA) is 24.9 Å². The Hall–Kier alpha value is -1.95. The Balaban J connectivity index is 2.08. The molecule has 0 saturated heterocycles. The average Bonchev–Trinajstić information content (AvgIpc) is 2.44. The summed E-state index contributed by atoms with van der Waals surface area (Å²) in [7, 11) is 0. The van der Waals surface area contributed by atoms with E-state index >= 15 is 0 Å². The minimum Gasteiger partial charge on any atom is -0.306 e. The third-order valence-corrected chi connectivity index (χ3v) is 3.10. The molecule has 2 nitrogen and oxygen atoms in total. The van der Waals surface area contributed by atoms with Crippen LogP contribution in [0.15, 0.2) is 42.7 Å². The maximum absolute atomic E-state index is 13.3. The molecule has 1 atom stereocenters. The molecule has 0 saturated carbocycles. The third-order valence-electron chi connectivity index (χ3n) is 3.10. The van der Waals surface area contributed by atoms with Crippen LogP contribution in [0.25, 0.3) is 0 Å². The van der Waals surface area contributed by atoms with Crippen LogP contribution in [0.1, 0.15) is 29.7 Å². The van der Waals surface area contributed by atoms with Gasteiger partial charge in [-0.05, 0) is 48.4 Å². The molecule has 2 aromatic rings. The van der Waals surface area contributed by atoms with Gasteiger partial charge in [0.25, 0.3) is 0 Å². The zero-order chi connectivity index (χ0) is 15.5. The van der Waals surface area contributed by atoms with Crippen LogP contribution in [-0.2, 0) is 12.7 Å². The Labute approximate surface area is 119 Å². The van der Waals surface area contributed by atoms with Crippen LogP contribution in [0.2, 0.25) is 0 Å². The van der Waals surface area contributed by atoms with Gasteiger partial charge in [0.05, 0.1) is 5.56 Å². The van der Waals surface area contributed by atoms with Crippen LogP contribution in [0.5, 0.6) is 0 Å². The van der Waals surface area contributed by atoms with E-state index in [4.69, 9.17) is 0 Å². The lowest BCUT2D eigenvalue weighted by Crippen LogP contribution is -2.18. The second kappa shape index (κ2) is 6.22. The van der Waals surface area contributed by atoms with Gasteiger partial charge in [-0.3, -0.25) is 4.98 Å². The quantitative estimate of drug-likeness (QED) is 0.860. The summed E-state index contributed by atoms with van der Waals surface area (Å²) < 4.78 is 51.1. The van der Waals surface area contributed by atoms with Crippen molar-refractivity contribution < 1.29 is 17.6 Å². The number of pyridine rings is 1. The molecule has 1 heterocycles. The zero-order valence-electron chi connectivity index (χ0n) is 11.3. The van der Waals surface area contributed by atoms with Crippen LogP contribution in [0.4, 0.5) is 17.6 Å². The van der Waals surface area contributed by atoms with E-state index in [9.17, 15) is 17.6 Å². The molecule has 21 heavy (non-hydrogen) atoms. The van der Waals surface area contributed by atoms with Gasteiger partial charge in [0, 0.05) is 25.0 Å². The molecule has 2 rings (SSSR count). The normalized spacial score (nSPS) is 13.2. The Kier molecular flexibility index (Phi) is 4.57. The van der Waals surface area contributed by atoms with Crippen molar-refractivity contribution in [3.63, 3.8) is 0 Å². The fourth-order valence-corrected chi connectivity index (χ4v) is 1.96. The molecule has 0 fully saturated rings. The van der Waals surface area contributed by atoms with Gasteiger partial charge in [0.2, 0.25) is 0 Å². The summed E-state index contributed by atoms with van der Waals surface area (Å²) >= 11 is 0. The van der Waals surface area contributed by atoms with Gasteiger partial charge in [-0.15, -0.1) is 0 Å². The number of halogens is 4. The first-order valence-electron chi connectivity index (χ1n) is 6.36. The minimum absolute atomic E-state index is 0.0781. The first kappa shape index (κ1) is 15.4. The predicted octanol–water partition coefficient (Wildman–Crippen LogP) is 4.09. The lowest BCUT2D eigenvalue weighted by molar-refractivity contribution is -0.137. The van der Waals surface area contributed by atoms with E-state index in [2.05, 4.69) is 10.3 Å². The van der Waals surface area contributed by atoms with Gasteiger partial charge in [0.15, 0.2) is 0 Å². The van der Waals surface area contributed by atoms with Crippen molar-refractivity contribution in [3.05, 3.63) is 65.2 Å². The predicted molar refractivity (Wildman–Crippen MR) is 70.9 cm³/mol. The highest BCUT2D eigenvalue weighted by molar-refractivity contribution is 5.27.